The lowest BCUT2D eigenvalue weighted by Crippen LogP contribution is -2.35. The molecule has 0 aliphatic carbocycles. The summed E-state index contributed by atoms with van der Waals surface area (Å²) < 4.78 is 0. The summed E-state index contributed by atoms with van der Waals surface area (Å²) in [4.78, 5) is 25.5. The molecule has 102 valence electrons. The molecule has 19 heavy (non-hydrogen) atoms. The Morgan fingerprint density at radius 1 is 1.42 bits per heavy atom. The van der Waals surface area contributed by atoms with E-state index in [1.807, 2.05) is 19.1 Å². The predicted octanol–water partition coefficient (Wildman–Crippen LogP) is 0.863. The van der Waals surface area contributed by atoms with Crippen LogP contribution in [0.2, 0.25) is 0 Å². The van der Waals surface area contributed by atoms with Gasteiger partial charge >= 0.3 is 0 Å². The van der Waals surface area contributed by atoms with Gasteiger partial charge in [-0.25, -0.2) is 0 Å². The molecule has 1 aliphatic heterocycles. The van der Waals surface area contributed by atoms with Gasteiger partial charge in [0.15, 0.2) is 0 Å². The van der Waals surface area contributed by atoms with Crippen molar-refractivity contribution >= 4 is 17.5 Å². The van der Waals surface area contributed by atoms with Crippen molar-refractivity contribution in [1.82, 2.24) is 10.2 Å². The number of hydrogen-bond acceptors (Lipinski definition) is 3. The predicted molar refractivity (Wildman–Crippen MR) is 74.3 cm³/mol. The van der Waals surface area contributed by atoms with Gasteiger partial charge in [-0.05, 0) is 30.7 Å². The molecule has 0 atom stereocenters. The van der Waals surface area contributed by atoms with Crippen LogP contribution >= 0.6 is 0 Å². The number of anilines is 1. The number of carbonyl (C=O) groups is 2. The summed E-state index contributed by atoms with van der Waals surface area (Å²) in [6.45, 7) is 3.68. The molecule has 0 fully saturated rings. The van der Waals surface area contributed by atoms with E-state index in [0.717, 1.165) is 24.2 Å². The van der Waals surface area contributed by atoms with Gasteiger partial charge in [0.25, 0.3) is 5.91 Å². The van der Waals surface area contributed by atoms with Crippen LogP contribution in [0.25, 0.3) is 0 Å². The van der Waals surface area contributed by atoms with Gasteiger partial charge in [-0.1, -0.05) is 13.0 Å². The van der Waals surface area contributed by atoms with Crippen LogP contribution in [0.1, 0.15) is 22.8 Å². The summed E-state index contributed by atoms with van der Waals surface area (Å²) in [5.74, 6) is -0.0642. The Bertz CT molecular complexity index is 499. The number of fused-ring (bicyclic) bond motifs is 1. The van der Waals surface area contributed by atoms with Crippen LogP contribution in [0.15, 0.2) is 18.2 Å². The van der Waals surface area contributed by atoms with Gasteiger partial charge in [-0.2, -0.15) is 0 Å². The quantitative estimate of drug-likeness (QED) is 0.845. The van der Waals surface area contributed by atoms with Gasteiger partial charge in [-0.3, -0.25) is 9.59 Å². The number of nitrogens with zero attached hydrogens (tertiary/aromatic N) is 1. The van der Waals surface area contributed by atoms with Crippen LogP contribution in [0.3, 0.4) is 0 Å². The monoisotopic (exact) mass is 261 g/mol. The Balaban J connectivity index is 2.19. The first-order chi connectivity index (χ1) is 9.13. The molecule has 1 aliphatic rings. The lowest BCUT2D eigenvalue weighted by Gasteiger charge is -2.26. The third-order valence-corrected chi connectivity index (χ3v) is 3.26. The third kappa shape index (κ3) is 2.93. The van der Waals surface area contributed by atoms with E-state index in [0.29, 0.717) is 12.1 Å². The second-order valence-electron chi connectivity index (χ2n) is 4.64. The van der Waals surface area contributed by atoms with Crippen LogP contribution < -0.4 is 10.6 Å². The second-order valence-corrected chi connectivity index (χ2v) is 4.64. The topological polar surface area (TPSA) is 61.4 Å². The Morgan fingerprint density at radius 3 is 2.95 bits per heavy atom. The molecule has 0 saturated carbocycles. The molecular weight excluding hydrogens is 242 g/mol. The smallest absolute Gasteiger partial charge is 0.253 e. The summed E-state index contributed by atoms with van der Waals surface area (Å²) in [5.41, 5.74) is 2.38. The highest BCUT2D eigenvalue weighted by molar-refractivity contribution is 6.00. The summed E-state index contributed by atoms with van der Waals surface area (Å²) >= 11 is 0. The molecule has 1 aromatic carbocycles. The summed E-state index contributed by atoms with van der Waals surface area (Å²) in [5, 5.41) is 5.85. The van der Waals surface area contributed by atoms with E-state index in [4.69, 9.17) is 0 Å². The van der Waals surface area contributed by atoms with E-state index in [1.165, 1.54) is 0 Å². The average molecular weight is 261 g/mol. The van der Waals surface area contributed by atoms with Crippen molar-refractivity contribution in [2.45, 2.75) is 13.3 Å². The molecule has 0 spiro atoms. The maximum Gasteiger partial charge on any atom is 0.253 e. The zero-order valence-electron chi connectivity index (χ0n) is 11.3. The highest BCUT2D eigenvalue weighted by Crippen LogP contribution is 2.25. The molecule has 2 rings (SSSR count). The number of nitrogens with one attached hydrogen (secondary N) is 2. The van der Waals surface area contributed by atoms with Gasteiger partial charge in [0.2, 0.25) is 5.91 Å². The van der Waals surface area contributed by atoms with Gasteiger partial charge in [0, 0.05) is 24.8 Å². The van der Waals surface area contributed by atoms with Crippen molar-refractivity contribution in [3.63, 3.8) is 0 Å². The minimum absolute atomic E-state index is 0.0176. The fraction of sp³-hybridized carbons (Fsp3) is 0.429. The van der Waals surface area contributed by atoms with Crippen LogP contribution in [-0.2, 0) is 11.2 Å². The van der Waals surface area contributed by atoms with Crippen LogP contribution in [0, 0.1) is 0 Å². The molecule has 0 aromatic heterocycles. The van der Waals surface area contributed by atoms with Gasteiger partial charge in [0.05, 0.1) is 6.54 Å². The lowest BCUT2D eigenvalue weighted by atomic mass is 9.97. The molecule has 0 unspecified atom stereocenters. The third-order valence-electron chi connectivity index (χ3n) is 3.26. The summed E-state index contributed by atoms with van der Waals surface area (Å²) in [6, 6.07) is 5.47. The zero-order valence-corrected chi connectivity index (χ0v) is 11.3. The van der Waals surface area contributed by atoms with Gasteiger partial charge < -0.3 is 15.5 Å². The van der Waals surface area contributed by atoms with Crippen molar-refractivity contribution < 1.29 is 9.59 Å². The van der Waals surface area contributed by atoms with E-state index in [1.54, 1.807) is 18.0 Å². The molecule has 2 amide bonds. The average Bonchev–Trinajstić information content (AvgIpc) is 2.41. The minimum atomic E-state index is -0.0818. The molecule has 0 saturated heterocycles. The van der Waals surface area contributed by atoms with Crippen LogP contribution in [-0.4, -0.2) is 43.4 Å². The Morgan fingerprint density at radius 2 is 2.21 bits per heavy atom. The molecule has 5 heteroatoms. The first-order valence-electron chi connectivity index (χ1n) is 6.51. The number of rotatable bonds is 4. The largest absolute Gasteiger partial charge is 0.341 e. The SMILES string of the molecule is CCNCC(=O)Nc1cccc2c1CCN(C)C2=O. The first kappa shape index (κ1) is 13.5. The van der Waals surface area contributed by atoms with E-state index < -0.39 is 0 Å². The fourth-order valence-corrected chi connectivity index (χ4v) is 2.19. The molecular formula is C14H19N3O2. The van der Waals surface area contributed by atoms with Crippen molar-refractivity contribution in [2.75, 3.05) is 32.0 Å². The fourth-order valence-electron chi connectivity index (χ4n) is 2.19. The van der Waals surface area contributed by atoms with Crippen molar-refractivity contribution in [3.05, 3.63) is 29.3 Å². The summed E-state index contributed by atoms with van der Waals surface area (Å²) in [7, 11) is 1.79. The maximum absolute atomic E-state index is 12.0. The normalized spacial score (nSPS) is 14.2. The van der Waals surface area contributed by atoms with Gasteiger partial charge in [0.1, 0.15) is 0 Å². The molecule has 2 N–H and O–H groups in total. The molecule has 0 bridgehead atoms. The highest BCUT2D eigenvalue weighted by Gasteiger charge is 2.23. The number of likely N-dealkylation sites (N-methyl/N-ethyl adjacent to an activating group) is 2. The van der Waals surface area contributed by atoms with Crippen molar-refractivity contribution in [2.24, 2.45) is 0 Å². The van der Waals surface area contributed by atoms with E-state index in [9.17, 15) is 9.59 Å². The number of hydrogen-bond donors (Lipinski definition) is 2. The molecule has 1 heterocycles. The highest BCUT2D eigenvalue weighted by atomic mass is 16.2. The number of amides is 2. The number of benzene rings is 1. The van der Waals surface area contributed by atoms with E-state index >= 15 is 0 Å². The Hall–Kier alpha value is -1.88. The van der Waals surface area contributed by atoms with Gasteiger partial charge in [-0.15, -0.1) is 0 Å². The van der Waals surface area contributed by atoms with Crippen LogP contribution in [0.4, 0.5) is 5.69 Å². The van der Waals surface area contributed by atoms with Crippen molar-refractivity contribution in [3.8, 4) is 0 Å². The standard InChI is InChI=1S/C14H19N3O2/c1-3-15-9-13(18)16-12-6-4-5-11-10(12)7-8-17(2)14(11)19/h4-6,15H,3,7-9H2,1-2H3,(H,16,18). The van der Waals surface area contributed by atoms with Crippen molar-refractivity contribution in [1.29, 1.82) is 0 Å². The molecule has 0 radical (unpaired) electrons. The first-order valence-corrected chi connectivity index (χ1v) is 6.51. The molecule has 5 nitrogen and oxygen atoms in total. The second kappa shape index (κ2) is 5.84. The van der Waals surface area contributed by atoms with E-state index in [-0.39, 0.29) is 18.4 Å². The van der Waals surface area contributed by atoms with Crippen LogP contribution in [0.5, 0.6) is 0 Å². The Kier molecular flexibility index (Phi) is 4.16. The zero-order chi connectivity index (χ0) is 13.8. The number of carbonyl (C=O) groups excluding carboxylic acids is 2. The minimum Gasteiger partial charge on any atom is -0.341 e. The maximum atomic E-state index is 12.0. The van der Waals surface area contributed by atoms with E-state index in [2.05, 4.69) is 10.6 Å². The lowest BCUT2D eigenvalue weighted by molar-refractivity contribution is -0.115. The molecule has 1 aromatic rings. The Labute approximate surface area is 113 Å². The summed E-state index contributed by atoms with van der Waals surface area (Å²) in [6.07, 6.45) is 0.773.